The van der Waals surface area contributed by atoms with E-state index in [0.717, 1.165) is 12.2 Å². The molecule has 4 nitrogen and oxygen atoms in total. The molecule has 1 fully saturated rings. The van der Waals surface area contributed by atoms with Gasteiger partial charge >= 0.3 is 6.03 Å². The Labute approximate surface area is 103 Å². The Bertz CT molecular complexity index is 391. The highest BCUT2D eigenvalue weighted by atomic mass is 79.9. The van der Waals surface area contributed by atoms with Gasteiger partial charge in [-0.05, 0) is 40.4 Å². The molecule has 16 heavy (non-hydrogen) atoms. The van der Waals surface area contributed by atoms with Crippen molar-refractivity contribution < 1.29 is 9.21 Å². The number of hydrogen-bond donors (Lipinski definition) is 1. The van der Waals surface area contributed by atoms with Crippen LogP contribution >= 0.6 is 15.9 Å². The van der Waals surface area contributed by atoms with E-state index in [-0.39, 0.29) is 6.03 Å². The van der Waals surface area contributed by atoms with Crippen molar-refractivity contribution in [3.8, 4) is 0 Å². The molecule has 1 aliphatic carbocycles. The third kappa shape index (κ3) is 2.78. The summed E-state index contributed by atoms with van der Waals surface area (Å²) in [7, 11) is 1.76. The van der Waals surface area contributed by atoms with Gasteiger partial charge in [0.2, 0.25) is 0 Å². The van der Waals surface area contributed by atoms with Crippen LogP contribution in [0, 0.1) is 5.92 Å². The molecule has 1 aromatic rings. The fourth-order valence-corrected chi connectivity index (χ4v) is 1.87. The first kappa shape index (κ1) is 11.5. The van der Waals surface area contributed by atoms with Gasteiger partial charge in [0.25, 0.3) is 0 Å². The van der Waals surface area contributed by atoms with Gasteiger partial charge in [-0.3, -0.25) is 0 Å². The largest absolute Gasteiger partial charge is 0.452 e. The van der Waals surface area contributed by atoms with Crippen molar-refractivity contribution in [1.29, 1.82) is 0 Å². The van der Waals surface area contributed by atoms with Crippen LogP contribution in [0.5, 0.6) is 0 Å². The van der Waals surface area contributed by atoms with E-state index in [1.807, 2.05) is 12.1 Å². The topological polar surface area (TPSA) is 45.5 Å². The number of carbonyl (C=O) groups excluding carboxylic acids is 1. The van der Waals surface area contributed by atoms with E-state index >= 15 is 0 Å². The molecular weight excluding hydrogens is 272 g/mol. The van der Waals surface area contributed by atoms with Gasteiger partial charge < -0.3 is 14.6 Å². The SMILES string of the molecule is C[C@@H]1C[C@H]1NC(=O)N(C)Cc1ccc(Br)o1. The quantitative estimate of drug-likeness (QED) is 0.928. The van der Waals surface area contributed by atoms with Crippen molar-refractivity contribution >= 4 is 22.0 Å². The highest BCUT2D eigenvalue weighted by Crippen LogP contribution is 2.29. The van der Waals surface area contributed by atoms with Gasteiger partial charge in [-0.1, -0.05) is 6.92 Å². The Hall–Kier alpha value is -0.970. The maximum absolute atomic E-state index is 11.7. The van der Waals surface area contributed by atoms with E-state index in [4.69, 9.17) is 4.42 Å². The molecule has 1 aromatic heterocycles. The summed E-state index contributed by atoms with van der Waals surface area (Å²) in [5.74, 6) is 1.39. The first-order valence-electron chi connectivity index (χ1n) is 5.32. The Morgan fingerprint density at radius 1 is 1.69 bits per heavy atom. The lowest BCUT2D eigenvalue weighted by Crippen LogP contribution is -2.38. The number of nitrogens with zero attached hydrogens (tertiary/aromatic N) is 1. The second-order valence-electron chi connectivity index (χ2n) is 4.33. The van der Waals surface area contributed by atoms with Crippen LogP contribution in [0.4, 0.5) is 4.79 Å². The van der Waals surface area contributed by atoms with Crippen molar-refractivity contribution in [2.24, 2.45) is 5.92 Å². The molecule has 5 heteroatoms. The Morgan fingerprint density at radius 3 is 2.88 bits per heavy atom. The van der Waals surface area contributed by atoms with E-state index in [2.05, 4.69) is 28.2 Å². The smallest absolute Gasteiger partial charge is 0.317 e. The normalized spacial score (nSPS) is 22.9. The van der Waals surface area contributed by atoms with E-state index in [1.165, 1.54) is 0 Å². The summed E-state index contributed by atoms with van der Waals surface area (Å²) in [5.41, 5.74) is 0. The average molecular weight is 287 g/mol. The highest BCUT2D eigenvalue weighted by molar-refractivity contribution is 9.10. The summed E-state index contributed by atoms with van der Waals surface area (Å²) in [4.78, 5) is 13.3. The van der Waals surface area contributed by atoms with Gasteiger partial charge in [0, 0.05) is 13.1 Å². The fourth-order valence-electron chi connectivity index (χ4n) is 1.53. The van der Waals surface area contributed by atoms with Crippen LogP contribution in [-0.2, 0) is 6.54 Å². The summed E-state index contributed by atoms with van der Waals surface area (Å²) < 4.78 is 6.03. The van der Waals surface area contributed by atoms with Crippen LogP contribution in [0.3, 0.4) is 0 Å². The fraction of sp³-hybridized carbons (Fsp3) is 0.545. The molecule has 1 aliphatic rings. The number of amides is 2. The van der Waals surface area contributed by atoms with E-state index in [9.17, 15) is 4.79 Å². The molecule has 0 aromatic carbocycles. The number of halogens is 1. The zero-order valence-electron chi connectivity index (χ0n) is 9.37. The van der Waals surface area contributed by atoms with Gasteiger partial charge in [0.05, 0.1) is 6.54 Å². The van der Waals surface area contributed by atoms with Gasteiger partial charge in [-0.25, -0.2) is 4.79 Å². The lowest BCUT2D eigenvalue weighted by Gasteiger charge is -2.16. The van der Waals surface area contributed by atoms with Crippen molar-refractivity contribution in [2.75, 3.05) is 7.05 Å². The van der Waals surface area contributed by atoms with Gasteiger partial charge in [0.15, 0.2) is 4.67 Å². The molecular formula is C11H15BrN2O2. The minimum Gasteiger partial charge on any atom is -0.452 e. The molecule has 0 unspecified atom stereocenters. The van der Waals surface area contributed by atoms with Gasteiger partial charge in [-0.2, -0.15) is 0 Å². The Kier molecular flexibility index (Phi) is 3.23. The van der Waals surface area contributed by atoms with Crippen molar-refractivity contribution in [3.63, 3.8) is 0 Å². The van der Waals surface area contributed by atoms with Crippen LogP contribution in [0.2, 0.25) is 0 Å². The summed E-state index contributed by atoms with van der Waals surface area (Å²) in [5, 5.41) is 2.96. The van der Waals surface area contributed by atoms with Crippen LogP contribution in [0.25, 0.3) is 0 Å². The van der Waals surface area contributed by atoms with Crippen LogP contribution < -0.4 is 5.32 Å². The summed E-state index contributed by atoms with van der Waals surface area (Å²) >= 11 is 3.23. The molecule has 2 rings (SSSR count). The summed E-state index contributed by atoms with van der Waals surface area (Å²) in [6.07, 6.45) is 1.09. The number of furan rings is 1. The van der Waals surface area contributed by atoms with Crippen LogP contribution in [-0.4, -0.2) is 24.0 Å². The summed E-state index contributed by atoms with van der Waals surface area (Å²) in [6.45, 7) is 2.62. The number of urea groups is 1. The first-order chi connectivity index (χ1) is 7.56. The molecule has 0 aliphatic heterocycles. The molecule has 0 bridgehead atoms. The summed E-state index contributed by atoms with van der Waals surface area (Å²) in [6, 6.07) is 4.00. The molecule has 88 valence electrons. The lowest BCUT2D eigenvalue weighted by molar-refractivity contribution is 0.202. The minimum atomic E-state index is -0.0399. The lowest BCUT2D eigenvalue weighted by atomic mass is 10.4. The van der Waals surface area contributed by atoms with E-state index in [0.29, 0.717) is 23.2 Å². The average Bonchev–Trinajstić information content (AvgIpc) is 2.73. The van der Waals surface area contributed by atoms with Crippen LogP contribution in [0.1, 0.15) is 19.1 Å². The second-order valence-corrected chi connectivity index (χ2v) is 5.11. The zero-order chi connectivity index (χ0) is 11.7. The Balaban J connectivity index is 1.82. The predicted octanol–water partition coefficient (Wildman–Crippen LogP) is 2.59. The number of carbonyl (C=O) groups is 1. The third-order valence-electron chi connectivity index (χ3n) is 2.79. The van der Waals surface area contributed by atoms with Gasteiger partial charge in [0.1, 0.15) is 5.76 Å². The maximum atomic E-state index is 11.7. The predicted molar refractivity (Wildman–Crippen MR) is 64.0 cm³/mol. The first-order valence-corrected chi connectivity index (χ1v) is 6.11. The molecule has 0 radical (unpaired) electrons. The molecule has 2 amide bonds. The molecule has 1 saturated carbocycles. The Morgan fingerprint density at radius 2 is 2.38 bits per heavy atom. The monoisotopic (exact) mass is 286 g/mol. The van der Waals surface area contributed by atoms with Crippen molar-refractivity contribution in [3.05, 3.63) is 22.6 Å². The van der Waals surface area contributed by atoms with Crippen molar-refractivity contribution in [1.82, 2.24) is 10.2 Å². The zero-order valence-corrected chi connectivity index (χ0v) is 11.0. The number of nitrogens with one attached hydrogen (secondary N) is 1. The molecule has 2 atom stereocenters. The molecule has 0 saturated heterocycles. The molecule has 1 heterocycles. The minimum absolute atomic E-state index is 0.0399. The second kappa shape index (κ2) is 4.49. The molecule has 1 N–H and O–H groups in total. The van der Waals surface area contributed by atoms with Gasteiger partial charge in [-0.15, -0.1) is 0 Å². The standard InChI is InChI=1S/C11H15BrN2O2/c1-7-5-9(7)13-11(15)14(2)6-8-3-4-10(12)16-8/h3-4,7,9H,5-6H2,1-2H3,(H,13,15)/t7-,9-/m1/s1. The van der Waals surface area contributed by atoms with Crippen molar-refractivity contribution in [2.45, 2.75) is 25.9 Å². The van der Waals surface area contributed by atoms with Crippen LogP contribution in [0.15, 0.2) is 21.2 Å². The van der Waals surface area contributed by atoms with E-state index < -0.39 is 0 Å². The highest BCUT2D eigenvalue weighted by Gasteiger charge is 2.34. The van der Waals surface area contributed by atoms with E-state index in [1.54, 1.807) is 11.9 Å². The number of hydrogen-bond acceptors (Lipinski definition) is 2. The molecule has 0 spiro atoms. The third-order valence-corrected chi connectivity index (χ3v) is 3.21. The number of rotatable bonds is 3. The maximum Gasteiger partial charge on any atom is 0.317 e.